The van der Waals surface area contributed by atoms with Gasteiger partial charge in [-0.25, -0.2) is 4.68 Å². The highest BCUT2D eigenvalue weighted by atomic mass is 16.5. The topological polar surface area (TPSA) is 65.4 Å². The zero-order valence-corrected chi connectivity index (χ0v) is 12.7. The summed E-state index contributed by atoms with van der Waals surface area (Å²) in [6, 6.07) is 7.94. The van der Waals surface area contributed by atoms with Gasteiger partial charge in [-0.2, -0.15) is 5.10 Å². The van der Waals surface area contributed by atoms with E-state index in [1.165, 1.54) is 4.68 Å². The number of nitrogens with zero attached hydrogens (tertiary/aromatic N) is 2. The molecule has 1 aliphatic rings. The fourth-order valence-electron chi connectivity index (χ4n) is 2.60. The number of hydrogen-bond acceptors (Lipinski definition) is 5. The van der Waals surface area contributed by atoms with Gasteiger partial charge in [-0.05, 0) is 24.1 Å². The van der Waals surface area contributed by atoms with Gasteiger partial charge in [0.1, 0.15) is 12.4 Å². The third-order valence-electron chi connectivity index (χ3n) is 3.83. The average Bonchev–Trinajstić information content (AvgIpc) is 2.75. The molecule has 6 heteroatoms. The highest BCUT2D eigenvalue weighted by Gasteiger charge is 2.23. The van der Waals surface area contributed by atoms with Crippen LogP contribution >= 0.6 is 0 Å². The molecular weight excluding hydrogens is 282 g/mol. The summed E-state index contributed by atoms with van der Waals surface area (Å²) in [5.74, 6) is 1.23. The molecule has 1 aromatic heterocycles. The van der Waals surface area contributed by atoms with Crippen LogP contribution in [0.25, 0.3) is 0 Å². The maximum Gasteiger partial charge on any atom is 0.309 e. The summed E-state index contributed by atoms with van der Waals surface area (Å²) >= 11 is 0. The van der Waals surface area contributed by atoms with Crippen molar-refractivity contribution >= 4 is 0 Å². The van der Waals surface area contributed by atoms with Crippen LogP contribution in [0.4, 0.5) is 0 Å². The molecular formula is C16H19N3O3. The van der Waals surface area contributed by atoms with Gasteiger partial charge in [0.25, 0.3) is 0 Å². The van der Waals surface area contributed by atoms with Gasteiger partial charge in [0, 0.05) is 25.2 Å². The molecule has 1 aliphatic heterocycles. The number of methoxy groups -OCH3 is 1. The summed E-state index contributed by atoms with van der Waals surface area (Å²) in [5, 5.41) is 7.53. The SMILES string of the molecule is COc1ccc(CC2NCCOc3c2cnn(C)c3=O)cc1. The quantitative estimate of drug-likeness (QED) is 0.918. The van der Waals surface area contributed by atoms with Crippen molar-refractivity contribution in [3.63, 3.8) is 0 Å². The molecule has 0 fully saturated rings. The van der Waals surface area contributed by atoms with Crippen molar-refractivity contribution in [3.05, 3.63) is 51.9 Å². The number of aryl methyl sites for hydroxylation is 1. The molecule has 2 heterocycles. The third-order valence-corrected chi connectivity index (χ3v) is 3.83. The smallest absolute Gasteiger partial charge is 0.309 e. The molecule has 1 N–H and O–H groups in total. The number of fused-ring (bicyclic) bond motifs is 1. The lowest BCUT2D eigenvalue weighted by atomic mass is 10.00. The monoisotopic (exact) mass is 301 g/mol. The Kier molecular flexibility index (Phi) is 4.11. The first-order valence-electron chi connectivity index (χ1n) is 7.24. The van der Waals surface area contributed by atoms with Crippen molar-refractivity contribution in [1.82, 2.24) is 15.1 Å². The molecule has 116 valence electrons. The fraction of sp³-hybridized carbons (Fsp3) is 0.375. The van der Waals surface area contributed by atoms with Gasteiger partial charge in [-0.15, -0.1) is 0 Å². The van der Waals surface area contributed by atoms with E-state index in [9.17, 15) is 4.79 Å². The molecule has 6 nitrogen and oxygen atoms in total. The minimum Gasteiger partial charge on any atom is -0.497 e. The summed E-state index contributed by atoms with van der Waals surface area (Å²) in [7, 11) is 3.28. The zero-order chi connectivity index (χ0) is 15.5. The van der Waals surface area contributed by atoms with E-state index >= 15 is 0 Å². The Morgan fingerprint density at radius 1 is 1.41 bits per heavy atom. The second-order valence-corrected chi connectivity index (χ2v) is 5.27. The van der Waals surface area contributed by atoms with E-state index in [2.05, 4.69) is 10.4 Å². The molecule has 0 amide bonds. The van der Waals surface area contributed by atoms with E-state index in [4.69, 9.17) is 9.47 Å². The minimum atomic E-state index is -0.194. The van der Waals surface area contributed by atoms with Crippen LogP contribution in [0.15, 0.2) is 35.3 Å². The molecule has 1 atom stereocenters. The van der Waals surface area contributed by atoms with Crippen molar-refractivity contribution in [1.29, 1.82) is 0 Å². The molecule has 2 aromatic rings. The molecule has 1 aromatic carbocycles. The standard InChI is InChI=1S/C16H19N3O3/c1-19-16(20)15-13(10-18-19)14(17-7-8-22-15)9-11-3-5-12(21-2)6-4-11/h3-6,10,14,17H,7-9H2,1-2H3. The van der Waals surface area contributed by atoms with Crippen molar-refractivity contribution < 1.29 is 9.47 Å². The van der Waals surface area contributed by atoms with Crippen LogP contribution in [0.2, 0.25) is 0 Å². The molecule has 0 bridgehead atoms. The van der Waals surface area contributed by atoms with Crippen molar-refractivity contribution in [3.8, 4) is 11.5 Å². The Bertz CT molecular complexity index is 710. The molecule has 0 saturated heterocycles. The van der Waals surface area contributed by atoms with E-state index in [0.29, 0.717) is 18.9 Å². The second kappa shape index (κ2) is 6.19. The highest BCUT2D eigenvalue weighted by molar-refractivity contribution is 5.35. The van der Waals surface area contributed by atoms with Crippen LogP contribution in [0.5, 0.6) is 11.5 Å². The number of hydrogen-bond donors (Lipinski definition) is 1. The van der Waals surface area contributed by atoms with Crippen LogP contribution in [-0.2, 0) is 13.5 Å². The molecule has 0 radical (unpaired) electrons. The Labute approximate surface area is 128 Å². The number of rotatable bonds is 3. The van der Waals surface area contributed by atoms with Gasteiger partial charge >= 0.3 is 5.56 Å². The predicted molar refractivity (Wildman–Crippen MR) is 82.4 cm³/mol. The normalized spacial score (nSPS) is 17.3. The van der Waals surface area contributed by atoms with Gasteiger partial charge in [-0.3, -0.25) is 4.79 Å². The van der Waals surface area contributed by atoms with Gasteiger partial charge in [-0.1, -0.05) is 12.1 Å². The molecule has 1 unspecified atom stereocenters. The lowest BCUT2D eigenvalue weighted by Gasteiger charge is -2.17. The van der Waals surface area contributed by atoms with Crippen molar-refractivity contribution in [2.24, 2.45) is 7.05 Å². The van der Waals surface area contributed by atoms with Crippen molar-refractivity contribution in [2.75, 3.05) is 20.3 Å². The van der Waals surface area contributed by atoms with Crippen LogP contribution in [-0.4, -0.2) is 30.0 Å². The Morgan fingerprint density at radius 2 is 2.18 bits per heavy atom. The summed E-state index contributed by atoms with van der Waals surface area (Å²) in [4.78, 5) is 12.2. The Hall–Kier alpha value is -2.34. The van der Waals surface area contributed by atoms with Crippen LogP contribution in [0, 0.1) is 0 Å². The first-order valence-corrected chi connectivity index (χ1v) is 7.24. The number of benzene rings is 1. The predicted octanol–water partition coefficient (Wildman–Crippen LogP) is 1.05. The fourth-order valence-corrected chi connectivity index (χ4v) is 2.60. The largest absolute Gasteiger partial charge is 0.497 e. The number of ether oxygens (including phenoxy) is 2. The highest BCUT2D eigenvalue weighted by Crippen LogP contribution is 2.26. The lowest BCUT2D eigenvalue weighted by Crippen LogP contribution is -2.26. The first-order chi connectivity index (χ1) is 10.7. The molecule has 0 spiro atoms. The van der Waals surface area contributed by atoms with Crippen LogP contribution in [0.3, 0.4) is 0 Å². The van der Waals surface area contributed by atoms with E-state index in [-0.39, 0.29) is 11.6 Å². The Morgan fingerprint density at radius 3 is 2.91 bits per heavy atom. The zero-order valence-electron chi connectivity index (χ0n) is 12.7. The number of aromatic nitrogens is 2. The summed E-state index contributed by atoms with van der Waals surface area (Å²) in [6.45, 7) is 1.17. The van der Waals surface area contributed by atoms with E-state index in [1.807, 2.05) is 24.3 Å². The Balaban J connectivity index is 1.91. The van der Waals surface area contributed by atoms with Crippen LogP contribution < -0.4 is 20.3 Å². The van der Waals surface area contributed by atoms with Gasteiger partial charge in [0.15, 0.2) is 5.75 Å². The summed E-state index contributed by atoms with van der Waals surface area (Å²) < 4.78 is 12.1. The lowest BCUT2D eigenvalue weighted by molar-refractivity contribution is 0.316. The average molecular weight is 301 g/mol. The van der Waals surface area contributed by atoms with Crippen LogP contribution in [0.1, 0.15) is 17.2 Å². The van der Waals surface area contributed by atoms with E-state index < -0.39 is 0 Å². The summed E-state index contributed by atoms with van der Waals surface area (Å²) in [6.07, 6.45) is 2.47. The molecule has 0 aliphatic carbocycles. The van der Waals surface area contributed by atoms with E-state index in [1.54, 1.807) is 20.4 Å². The third kappa shape index (κ3) is 2.82. The minimum absolute atomic E-state index is 0.00675. The van der Waals surface area contributed by atoms with Gasteiger partial charge in [0.05, 0.1) is 13.3 Å². The maximum absolute atomic E-state index is 12.2. The maximum atomic E-state index is 12.2. The molecule has 22 heavy (non-hydrogen) atoms. The van der Waals surface area contributed by atoms with Crippen molar-refractivity contribution in [2.45, 2.75) is 12.5 Å². The number of nitrogens with one attached hydrogen (secondary N) is 1. The van der Waals surface area contributed by atoms with E-state index in [0.717, 1.165) is 23.3 Å². The second-order valence-electron chi connectivity index (χ2n) is 5.27. The van der Waals surface area contributed by atoms with Gasteiger partial charge < -0.3 is 14.8 Å². The summed E-state index contributed by atoms with van der Waals surface area (Å²) in [5.41, 5.74) is 1.78. The van der Waals surface area contributed by atoms with Gasteiger partial charge in [0.2, 0.25) is 0 Å². The molecule has 0 saturated carbocycles. The molecule has 3 rings (SSSR count). The first kappa shape index (κ1) is 14.6.